The summed E-state index contributed by atoms with van der Waals surface area (Å²) in [5.41, 5.74) is 2.71. The number of pyridine rings is 1. The first-order valence-electron chi connectivity index (χ1n) is 11.2. The molecule has 0 unspecified atom stereocenters. The molecular weight excluding hydrogens is 449 g/mol. The summed E-state index contributed by atoms with van der Waals surface area (Å²) < 4.78 is 32.8. The van der Waals surface area contributed by atoms with Gasteiger partial charge < -0.3 is 23.7 Å². The highest BCUT2D eigenvalue weighted by Gasteiger charge is 2.29. The van der Waals surface area contributed by atoms with Gasteiger partial charge in [0.15, 0.2) is 0 Å². The zero-order valence-electron chi connectivity index (χ0n) is 19.1. The molecule has 178 valence electrons. The molecule has 2 aromatic carbocycles. The molecule has 1 aliphatic heterocycles. The van der Waals surface area contributed by atoms with E-state index in [0.717, 1.165) is 11.4 Å². The Morgan fingerprint density at radius 1 is 1.09 bits per heavy atom. The molecule has 4 aromatic rings. The van der Waals surface area contributed by atoms with Crippen LogP contribution in [-0.2, 0) is 11.3 Å². The fraction of sp³-hybridized carbons (Fsp3) is 0.185. The van der Waals surface area contributed by atoms with Gasteiger partial charge in [-0.3, -0.25) is 4.98 Å². The van der Waals surface area contributed by atoms with Gasteiger partial charge in [0, 0.05) is 30.2 Å². The molecule has 0 amide bonds. The second-order valence-electron chi connectivity index (χ2n) is 8.16. The van der Waals surface area contributed by atoms with E-state index in [9.17, 15) is 9.18 Å². The number of aromatic nitrogens is 2. The number of hydrogen-bond donors (Lipinski definition) is 0. The topological polar surface area (TPSA) is 65.8 Å². The van der Waals surface area contributed by atoms with Crippen molar-refractivity contribution >= 4 is 11.7 Å². The van der Waals surface area contributed by atoms with E-state index in [1.54, 1.807) is 48.8 Å². The molecule has 35 heavy (non-hydrogen) atoms. The van der Waals surface area contributed by atoms with Crippen LogP contribution in [0.3, 0.4) is 0 Å². The van der Waals surface area contributed by atoms with Crippen molar-refractivity contribution in [2.45, 2.75) is 12.7 Å². The van der Waals surface area contributed by atoms with Crippen molar-refractivity contribution in [1.29, 1.82) is 0 Å². The van der Waals surface area contributed by atoms with Crippen molar-refractivity contribution in [3.05, 3.63) is 102 Å². The molecular formula is C27H24FN3O4. The Morgan fingerprint density at radius 3 is 2.71 bits per heavy atom. The molecule has 7 nitrogen and oxygen atoms in total. The average Bonchev–Trinajstić information content (AvgIpc) is 3.35. The number of halogens is 1. The van der Waals surface area contributed by atoms with Crippen LogP contribution < -0.4 is 14.4 Å². The number of para-hydroxylation sites is 1. The van der Waals surface area contributed by atoms with E-state index in [4.69, 9.17) is 14.2 Å². The maximum atomic E-state index is 14.5. The number of rotatable bonds is 8. The summed E-state index contributed by atoms with van der Waals surface area (Å²) >= 11 is 0. The zero-order chi connectivity index (χ0) is 24.2. The largest absolute Gasteiger partial charge is 0.487 e. The number of carbonyl (C=O) groups is 1. The minimum absolute atomic E-state index is 0.0439. The van der Waals surface area contributed by atoms with Gasteiger partial charge in [0.25, 0.3) is 0 Å². The predicted molar refractivity (Wildman–Crippen MR) is 129 cm³/mol. The third-order valence-corrected chi connectivity index (χ3v) is 5.83. The van der Waals surface area contributed by atoms with Crippen molar-refractivity contribution in [2.24, 2.45) is 0 Å². The van der Waals surface area contributed by atoms with E-state index in [2.05, 4.69) is 9.88 Å². The second-order valence-corrected chi connectivity index (χ2v) is 8.16. The number of ether oxygens (including phenoxy) is 3. The minimum atomic E-state index is -0.379. The Bertz CT molecular complexity index is 1320. The maximum Gasteiger partial charge on any atom is 0.339 e. The van der Waals surface area contributed by atoms with E-state index in [0.29, 0.717) is 35.7 Å². The first-order chi connectivity index (χ1) is 17.1. The van der Waals surface area contributed by atoms with Crippen molar-refractivity contribution in [3.8, 4) is 17.2 Å². The minimum Gasteiger partial charge on any atom is -0.487 e. The Hall–Kier alpha value is -4.33. The zero-order valence-corrected chi connectivity index (χ0v) is 19.1. The molecule has 2 aromatic heterocycles. The Balaban J connectivity index is 1.17. The highest BCUT2D eigenvalue weighted by molar-refractivity contribution is 5.93. The van der Waals surface area contributed by atoms with Crippen LogP contribution in [0.4, 0.5) is 10.1 Å². The van der Waals surface area contributed by atoms with Crippen LogP contribution in [0.1, 0.15) is 15.9 Å². The van der Waals surface area contributed by atoms with Gasteiger partial charge in [0.1, 0.15) is 30.0 Å². The Labute approximate surface area is 202 Å². The number of methoxy groups -OCH3 is 1. The molecule has 8 heteroatoms. The molecule has 1 saturated heterocycles. The molecule has 0 radical (unpaired) electrons. The molecule has 0 aliphatic carbocycles. The fourth-order valence-corrected chi connectivity index (χ4v) is 3.93. The van der Waals surface area contributed by atoms with E-state index in [1.807, 2.05) is 35.2 Å². The van der Waals surface area contributed by atoms with Crippen LogP contribution in [0, 0.1) is 5.82 Å². The molecule has 0 atom stereocenters. The molecule has 0 bridgehead atoms. The third kappa shape index (κ3) is 4.96. The van der Waals surface area contributed by atoms with Crippen LogP contribution in [-0.4, -0.2) is 41.8 Å². The fourth-order valence-electron chi connectivity index (χ4n) is 3.93. The standard InChI is InChI=1S/C27H24FN3O4/c1-33-27(32)24-6-2-3-7-26(24)30-12-10-20(15-30)31-16-23(17-31)35-21-9-8-19(25(28)13-21)18-34-22-5-4-11-29-14-22/h2-15,23H,16-18H2,1H3. The number of hydrogen-bond acceptors (Lipinski definition) is 6. The van der Waals surface area contributed by atoms with E-state index in [1.165, 1.54) is 13.2 Å². The summed E-state index contributed by atoms with van der Waals surface area (Å²) in [7, 11) is 1.37. The van der Waals surface area contributed by atoms with Gasteiger partial charge in [-0.05, 0) is 42.5 Å². The SMILES string of the molecule is COC(=O)c1ccccc1-n1ccc(N2CC(Oc3ccc(COc4cccnc4)c(F)c3)C2)c1. The summed E-state index contributed by atoms with van der Waals surface area (Å²) in [6.45, 7) is 1.47. The number of benzene rings is 2. The second kappa shape index (κ2) is 9.89. The number of anilines is 1. The Kier molecular flexibility index (Phi) is 6.34. The summed E-state index contributed by atoms with van der Waals surface area (Å²) in [6, 6.07) is 17.7. The van der Waals surface area contributed by atoms with Crippen molar-refractivity contribution < 1.29 is 23.4 Å². The summed E-state index contributed by atoms with van der Waals surface area (Å²) in [5, 5.41) is 0. The summed E-state index contributed by atoms with van der Waals surface area (Å²) in [5.74, 6) is 0.324. The van der Waals surface area contributed by atoms with Crippen molar-refractivity contribution in [2.75, 3.05) is 25.1 Å². The first-order valence-corrected chi connectivity index (χ1v) is 11.2. The lowest BCUT2D eigenvalue weighted by molar-refractivity contribution is 0.0600. The molecule has 1 aliphatic rings. The normalized spacial score (nSPS) is 13.3. The molecule has 1 fully saturated rings. The number of nitrogens with zero attached hydrogens (tertiary/aromatic N) is 3. The smallest absolute Gasteiger partial charge is 0.339 e. The number of esters is 1. The quantitative estimate of drug-likeness (QED) is 0.347. The van der Waals surface area contributed by atoms with E-state index < -0.39 is 0 Å². The lowest BCUT2D eigenvalue weighted by atomic mass is 10.1. The van der Waals surface area contributed by atoms with Crippen LogP contribution >= 0.6 is 0 Å². The maximum absolute atomic E-state index is 14.5. The van der Waals surface area contributed by atoms with Gasteiger partial charge in [0.05, 0.1) is 43.3 Å². The molecule has 0 saturated carbocycles. The highest BCUT2D eigenvalue weighted by atomic mass is 19.1. The third-order valence-electron chi connectivity index (χ3n) is 5.83. The number of carbonyl (C=O) groups excluding carboxylic acids is 1. The molecule has 5 rings (SSSR count). The van der Waals surface area contributed by atoms with Crippen molar-refractivity contribution in [1.82, 2.24) is 9.55 Å². The van der Waals surface area contributed by atoms with Crippen molar-refractivity contribution in [3.63, 3.8) is 0 Å². The monoisotopic (exact) mass is 473 g/mol. The van der Waals surface area contributed by atoms with Gasteiger partial charge in [-0.2, -0.15) is 0 Å². The highest BCUT2D eigenvalue weighted by Crippen LogP contribution is 2.28. The predicted octanol–water partition coefficient (Wildman–Crippen LogP) is 4.64. The van der Waals surface area contributed by atoms with Gasteiger partial charge in [-0.25, -0.2) is 9.18 Å². The molecule has 0 spiro atoms. The van der Waals surface area contributed by atoms with Gasteiger partial charge in [-0.15, -0.1) is 0 Å². The summed E-state index contributed by atoms with van der Waals surface area (Å²) in [6.07, 6.45) is 7.07. The summed E-state index contributed by atoms with van der Waals surface area (Å²) in [4.78, 5) is 18.2. The van der Waals surface area contributed by atoms with Crippen LogP contribution in [0.2, 0.25) is 0 Å². The van der Waals surface area contributed by atoms with Crippen LogP contribution in [0.5, 0.6) is 11.5 Å². The van der Waals surface area contributed by atoms with E-state index >= 15 is 0 Å². The molecule has 0 N–H and O–H groups in total. The van der Waals surface area contributed by atoms with Crippen LogP contribution in [0.25, 0.3) is 5.69 Å². The Morgan fingerprint density at radius 2 is 1.94 bits per heavy atom. The van der Waals surface area contributed by atoms with Gasteiger partial charge in [-0.1, -0.05) is 12.1 Å². The van der Waals surface area contributed by atoms with E-state index in [-0.39, 0.29) is 24.5 Å². The lowest BCUT2D eigenvalue weighted by Crippen LogP contribution is -2.53. The molecule has 3 heterocycles. The van der Waals surface area contributed by atoms with Crippen LogP contribution in [0.15, 0.2) is 85.5 Å². The first kappa shape index (κ1) is 22.5. The lowest BCUT2D eigenvalue weighted by Gasteiger charge is -2.40. The van der Waals surface area contributed by atoms with Gasteiger partial charge in [0.2, 0.25) is 0 Å². The van der Waals surface area contributed by atoms with Gasteiger partial charge >= 0.3 is 5.97 Å². The average molecular weight is 474 g/mol.